The zero-order chi connectivity index (χ0) is 20.0. The van der Waals surface area contributed by atoms with Crippen molar-refractivity contribution >= 4 is 22.3 Å². The summed E-state index contributed by atoms with van der Waals surface area (Å²) < 4.78 is 0. The Labute approximate surface area is 173 Å². The first kappa shape index (κ1) is 16.1. The largest absolute Gasteiger partial charge is 0.289 e. The van der Waals surface area contributed by atoms with Gasteiger partial charge in [0.25, 0.3) is 0 Å². The van der Waals surface area contributed by atoms with Gasteiger partial charge in [0.2, 0.25) is 0 Å². The number of ketones is 2. The van der Waals surface area contributed by atoms with Crippen LogP contribution in [-0.4, -0.2) is 11.6 Å². The number of rotatable bonds is 0. The summed E-state index contributed by atoms with van der Waals surface area (Å²) in [5, 5.41) is 1.98. The highest BCUT2D eigenvalue weighted by atomic mass is 16.1. The van der Waals surface area contributed by atoms with E-state index in [9.17, 15) is 9.59 Å². The molecule has 0 amide bonds. The maximum absolute atomic E-state index is 13.8. The highest BCUT2D eigenvalue weighted by Crippen LogP contribution is 2.58. The number of hydrogen-bond donors (Lipinski definition) is 0. The highest BCUT2D eigenvalue weighted by molar-refractivity contribution is 6.30. The number of carbonyl (C=O) groups excluding carboxylic acids is 2. The monoisotopic (exact) mass is 384 g/mol. The molecule has 0 aromatic heterocycles. The lowest BCUT2D eigenvalue weighted by Crippen LogP contribution is -2.37. The lowest BCUT2D eigenvalue weighted by Gasteiger charge is -2.44. The maximum Gasteiger partial charge on any atom is 0.191 e. The second kappa shape index (κ2) is 5.43. The smallest absolute Gasteiger partial charge is 0.191 e. The molecule has 0 atom stereocenters. The minimum Gasteiger partial charge on any atom is -0.289 e. The number of allylic oxidation sites excluding steroid dienone is 2. The van der Waals surface area contributed by atoms with Gasteiger partial charge >= 0.3 is 0 Å². The first-order valence-electron chi connectivity index (χ1n) is 10.3. The molecule has 8 rings (SSSR count). The van der Waals surface area contributed by atoms with E-state index >= 15 is 0 Å². The SMILES string of the molecule is O=C1C2=C(C(=O)c3cc4ccccc4cc31)C1c3ccccc3C2c2ccccc21. The number of fused-ring (bicyclic) bond motifs is 2. The molecule has 0 heterocycles. The summed E-state index contributed by atoms with van der Waals surface area (Å²) in [7, 11) is 0. The fourth-order valence-corrected chi connectivity index (χ4v) is 5.75. The summed E-state index contributed by atoms with van der Waals surface area (Å²) >= 11 is 0. The Hall–Kier alpha value is -3.78. The van der Waals surface area contributed by atoms with Crippen molar-refractivity contribution in [3.05, 3.63) is 129 Å². The molecule has 4 aromatic carbocycles. The summed E-state index contributed by atoms with van der Waals surface area (Å²) in [6.07, 6.45) is 0. The molecule has 4 aliphatic carbocycles. The first-order chi connectivity index (χ1) is 14.7. The highest BCUT2D eigenvalue weighted by Gasteiger charge is 2.49. The van der Waals surface area contributed by atoms with Crippen LogP contribution in [0.4, 0.5) is 0 Å². The van der Waals surface area contributed by atoms with Crippen molar-refractivity contribution in [1.82, 2.24) is 0 Å². The van der Waals surface area contributed by atoms with Crippen molar-refractivity contribution in [1.29, 1.82) is 0 Å². The predicted molar refractivity (Wildman–Crippen MR) is 116 cm³/mol. The van der Waals surface area contributed by atoms with E-state index < -0.39 is 0 Å². The summed E-state index contributed by atoms with van der Waals surface area (Å²) in [6, 6.07) is 28.3. The van der Waals surface area contributed by atoms with Gasteiger partial charge in [0, 0.05) is 34.1 Å². The Bertz CT molecular complexity index is 1330. The van der Waals surface area contributed by atoms with Crippen LogP contribution >= 0.6 is 0 Å². The van der Waals surface area contributed by atoms with E-state index in [1.807, 2.05) is 60.7 Å². The molecule has 4 aliphatic rings. The number of Topliss-reactive ketones (excluding diaryl/α,β-unsaturated/α-hetero) is 2. The maximum atomic E-state index is 13.8. The Kier molecular flexibility index (Phi) is 2.91. The van der Waals surface area contributed by atoms with Gasteiger partial charge in [0.15, 0.2) is 11.6 Å². The summed E-state index contributed by atoms with van der Waals surface area (Å²) in [5.41, 5.74) is 7.08. The van der Waals surface area contributed by atoms with Gasteiger partial charge in [0.05, 0.1) is 0 Å². The molecule has 0 unspecified atom stereocenters. The van der Waals surface area contributed by atoms with Crippen molar-refractivity contribution in [3.63, 3.8) is 0 Å². The molecule has 0 radical (unpaired) electrons. The fraction of sp³-hybridized carbons (Fsp3) is 0.0714. The molecule has 0 saturated carbocycles. The standard InChI is InChI=1S/C28H16O2/c29-27-21-13-15-7-1-2-8-16(15)14-22(21)28(30)26-24-19-11-5-3-9-17(19)23(25(26)27)18-10-4-6-12-20(18)24/h1-14,23-24H. The summed E-state index contributed by atoms with van der Waals surface area (Å²) in [4.78, 5) is 27.7. The van der Waals surface area contributed by atoms with Crippen molar-refractivity contribution < 1.29 is 9.59 Å². The average molecular weight is 384 g/mol. The van der Waals surface area contributed by atoms with Crippen LogP contribution in [0.15, 0.2) is 96.1 Å². The van der Waals surface area contributed by atoms with E-state index in [0.29, 0.717) is 22.3 Å². The van der Waals surface area contributed by atoms with Crippen LogP contribution < -0.4 is 0 Å². The van der Waals surface area contributed by atoms with Gasteiger partial charge in [-0.3, -0.25) is 9.59 Å². The Morgan fingerprint density at radius 3 is 1.17 bits per heavy atom. The third kappa shape index (κ3) is 1.80. The van der Waals surface area contributed by atoms with Crippen molar-refractivity contribution in [2.45, 2.75) is 11.8 Å². The van der Waals surface area contributed by atoms with E-state index in [4.69, 9.17) is 0 Å². The summed E-state index contributed by atoms with van der Waals surface area (Å²) in [6.45, 7) is 0. The molecule has 2 heteroatoms. The van der Waals surface area contributed by atoms with E-state index in [0.717, 1.165) is 33.0 Å². The van der Waals surface area contributed by atoms with Gasteiger partial charge in [-0.25, -0.2) is 0 Å². The fourth-order valence-electron chi connectivity index (χ4n) is 5.75. The predicted octanol–water partition coefficient (Wildman–Crippen LogP) is 5.81. The average Bonchev–Trinajstić information content (AvgIpc) is 2.81. The molecule has 0 aliphatic heterocycles. The van der Waals surface area contributed by atoms with Crippen LogP contribution in [0.2, 0.25) is 0 Å². The first-order valence-corrected chi connectivity index (χ1v) is 10.3. The molecular weight excluding hydrogens is 368 g/mol. The normalized spacial score (nSPS) is 20.7. The lowest BCUT2D eigenvalue weighted by atomic mass is 9.57. The van der Waals surface area contributed by atoms with Crippen LogP contribution in [0.5, 0.6) is 0 Å². The zero-order valence-corrected chi connectivity index (χ0v) is 16.1. The number of carbonyl (C=O) groups is 2. The van der Waals surface area contributed by atoms with Crippen molar-refractivity contribution in [2.75, 3.05) is 0 Å². The lowest BCUT2D eigenvalue weighted by molar-refractivity contribution is 0.0963. The molecule has 4 aromatic rings. The van der Waals surface area contributed by atoms with E-state index in [-0.39, 0.29) is 23.4 Å². The quantitative estimate of drug-likeness (QED) is 0.384. The van der Waals surface area contributed by atoms with Crippen LogP contribution in [-0.2, 0) is 0 Å². The molecule has 0 fully saturated rings. The van der Waals surface area contributed by atoms with Gasteiger partial charge in [-0.05, 0) is 45.2 Å². The minimum atomic E-state index is -0.173. The molecular formula is C28H16O2. The third-order valence-corrected chi connectivity index (χ3v) is 6.97. The minimum absolute atomic E-state index is 0.00404. The second-order valence-corrected chi connectivity index (χ2v) is 8.35. The van der Waals surface area contributed by atoms with Gasteiger partial charge < -0.3 is 0 Å². The van der Waals surface area contributed by atoms with Gasteiger partial charge in [-0.2, -0.15) is 0 Å². The van der Waals surface area contributed by atoms with Gasteiger partial charge in [-0.1, -0.05) is 72.8 Å². The van der Waals surface area contributed by atoms with Crippen molar-refractivity contribution in [2.24, 2.45) is 0 Å². The Morgan fingerprint density at radius 1 is 0.467 bits per heavy atom. The summed E-state index contributed by atoms with van der Waals surface area (Å²) in [5.74, 6) is -0.337. The van der Waals surface area contributed by atoms with Crippen LogP contribution in [0.1, 0.15) is 54.8 Å². The Morgan fingerprint density at radius 2 is 0.800 bits per heavy atom. The second-order valence-electron chi connectivity index (χ2n) is 8.35. The molecule has 0 saturated heterocycles. The van der Waals surface area contributed by atoms with E-state index in [2.05, 4.69) is 24.3 Å². The molecule has 0 spiro atoms. The van der Waals surface area contributed by atoms with E-state index in [1.54, 1.807) is 0 Å². The van der Waals surface area contributed by atoms with E-state index in [1.165, 1.54) is 0 Å². The van der Waals surface area contributed by atoms with Crippen LogP contribution in [0.3, 0.4) is 0 Å². The molecule has 30 heavy (non-hydrogen) atoms. The van der Waals surface area contributed by atoms with Gasteiger partial charge in [0.1, 0.15) is 0 Å². The van der Waals surface area contributed by atoms with Crippen molar-refractivity contribution in [3.8, 4) is 0 Å². The van der Waals surface area contributed by atoms with Gasteiger partial charge in [-0.15, -0.1) is 0 Å². The zero-order valence-electron chi connectivity index (χ0n) is 16.1. The molecule has 140 valence electrons. The molecule has 2 nitrogen and oxygen atoms in total. The Balaban J connectivity index is 1.56. The topological polar surface area (TPSA) is 34.1 Å². The molecule has 2 bridgehead atoms. The van der Waals surface area contributed by atoms with Crippen LogP contribution in [0, 0.1) is 0 Å². The number of benzene rings is 4. The number of hydrogen-bond acceptors (Lipinski definition) is 2. The third-order valence-electron chi connectivity index (χ3n) is 6.97. The van der Waals surface area contributed by atoms with Crippen LogP contribution in [0.25, 0.3) is 10.8 Å². The molecule has 0 N–H and O–H groups in total.